The van der Waals surface area contributed by atoms with Gasteiger partial charge in [-0.2, -0.15) is 4.99 Å². The number of fused-ring (bicyclic) bond motifs is 1. The molecule has 1 heterocycles. The van der Waals surface area contributed by atoms with Crippen LogP contribution in [0.1, 0.15) is 31.2 Å². The van der Waals surface area contributed by atoms with Crippen molar-refractivity contribution in [1.82, 2.24) is 10.3 Å². The first-order valence-corrected chi connectivity index (χ1v) is 8.44. The van der Waals surface area contributed by atoms with Crippen molar-refractivity contribution >= 4 is 52.5 Å². The molecule has 140 valence electrons. The molecule has 2 aromatic rings. The van der Waals surface area contributed by atoms with Gasteiger partial charge in [0.15, 0.2) is 11.8 Å². The molecule has 0 spiro atoms. The number of hydrogen-bond acceptors (Lipinski definition) is 4. The lowest BCUT2D eigenvalue weighted by Crippen LogP contribution is -2.49. The Kier molecular flexibility index (Phi) is 6.28. The monoisotopic (exact) mass is 397 g/mol. The predicted octanol–water partition coefficient (Wildman–Crippen LogP) is 2.70. The van der Waals surface area contributed by atoms with Crippen LogP contribution in [0.4, 0.5) is 5.82 Å². The van der Waals surface area contributed by atoms with Crippen LogP contribution >= 0.6 is 24.0 Å². The predicted molar refractivity (Wildman–Crippen MR) is 105 cm³/mol. The zero-order valence-corrected chi connectivity index (χ0v) is 15.6. The largest absolute Gasteiger partial charge is 0.480 e. The molecule has 0 aliphatic heterocycles. The van der Waals surface area contributed by atoms with Crippen molar-refractivity contribution < 1.29 is 9.90 Å². The van der Waals surface area contributed by atoms with Crippen LogP contribution in [0.3, 0.4) is 0 Å². The fraction of sp³-hybridized carbons (Fsp3) is 0.353. The number of pyridine rings is 1. The van der Waals surface area contributed by atoms with Crippen LogP contribution < -0.4 is 16.8 Å². The summed E-state index contributed by atoms with van der Waals surface area (Å²) >= 11 is 6.20. The molecule has 0 amide bonds. The molecular formula is C17H21Cl2N5O2. The molecule has 0 atom stereocenters. The Hall–Kier alpha value is -2.09. The van der Waals surface area contributed by atoms with Crippen LogP contribution in [-0.2, 0) is 11.3 Å². The van der Waals surface area contributed by atoms with Gasteiger partial charge in [-0.15, -0.1) is 12.4 Å². The Labute approximate surface area is 162 Å². The summed E-state index contributed by atoms with van der Waals surface area (Å²) in [5.74, 6) is -0.498. The van der Waals surface area contributed by atoms with E-state index in [1.807, 2.05) is 18.2 Å². The molecule has 0 radical (unpaired) electrons. The number of guanidine groups is 1. The Balaban J connectivity index is 0.00000243. The van der Waals surface area contributed by atoms with E-state index in [1.54, 1.807) is 0 Å². The van der Waals surface area contributed by atoms with Crippen molar-refractivity contribution in [3.63, 3.8) is 0 Å². The highest BCUT2D eigenvalue weighted by Gasteiger charge is 2.40. The maximum absolute atomic E-state index is 11.6. The molecule has 0 saturated heterocycles. The van der Waals surface area contributed by atoms with Crippen LogP contribution in [-0.4, -0.2) is 27.6 Å². The number of aliphatic imine (C=N–C) groups is 1. The summed E-state index contributed by atoms with van der Waals surface area (Å²) in [5.41, 5.74) is 11.0. The molecule has 1 aromatic carbocycles. The summed E-state index contributed by atoms with van der Waals surface area (Å²) in [4.78, 5) is 19.9. The van der Waals surface area contributed by atoms with Gasteiger partial charge in [-0.05, 0) is 24.5 Å². The number of benzene rings is 1. The number of aliphatic carboxylic acids is 1. The van der Waals surface area contributed by atoms with Gasteiger partial charge in [-0.3, -0.25) is 10.1 Å². The minimum absolute atomic E-state index is 0. The van der Waals surface area contributed by atoms with Gasteiger partial charge in [-0.25, -0.2) is 4.98 Å². The highest BCUT2D eigenvalue weighted by Crippen LogP contribution is 2.32. The molecule has 1 aromatic heterocycles. The number of carboxylic acids is 1. The van der Waals surface area contributed by atoms with E-state index < -0.39 is 11.5 Å². The maximum Gasteiger partial charge on any atom is 0.323 e. The van der Waals surface area contributed by atoms with E-state index in [0.29, 0.717) is 30.2 Å². The first-order chi connectivity index (χ1) is 11.9. The summed E-state index contributed by atoms with van der Waals surface area (Å²) in [6, 6.07) is 5.66. The second-order valence-electron chi connectivity index (χ2n) is 6.29. The topological polar surface area (TPSA) is 127 Å². The number of nitrogens with two attached hydrogens (primary N) is 2. The maximum atomic E-state index is 11.6. The highest BCUT2D eigenvalue weighted by molar-refractivity contribution is 6.35. The van der Waals surface area contributed by atoms with Gasteiger partial charge < -0.3 is 16.6 Å². The SMILES string of the molecule is Cl.NC(N)=Nc1ncc(Cl)c2ccc(CNC3(C(=O)O)CCCC3)cc12. The minimum Gasteiger partial charge on any atom is -0.480 e. The lowest BCUT2D eigenvalue weighted by molar-refractivity contribution is -0.144. The summed E-state index contributed by atoms with van der Waals surface area (Å²) < 4.78 is 0. The first kappa shape index (κ1) is 20.2. The van der Waals surface area contributed by atoms with Gasteiger partial charge in [0.25, 0.3) is 0 Å². The van der Waals surface area contributed by atoms with Crippen molar-refractivity contribution in [2.45, 2.75) is 37.8 Å². The number of hydrogen-bond donors (Lipinski definition) is 4. The summed E-state index contributed by atoms with van der Waals surface area (Å²) in [6.07, 6.45) is 4.63. The highest BCUT2D eigenvalue weighted by atomic mass is 35.5. The fourth-order valence-electron chi connectivity index (χ4n) is 3.28. The molecule has 6 N–H and O–H groups in total. The van der Waals surface area contributed by atoms with Crippen molar-refractivity contribution in [1.29, 1.82) is 0 Å². The number of nitrogens with zero attached hydrogens (tertiary/aromatic N) is 2. The molecule has 0 bridgehead atoms. The second kappa shape index (κ2) is 8.07. The first-order valence-electron chi connectivity index (χ1n) is 8.06. The third kappa shape index (κ3) is 4.00. The van der Waals surface area contributed by atoms with Crippen LogP contribution in [0.2, 0.25) is 5.02 Å². The normalized spacial score (nSPS) is 15.4. The minimum atomic E-state index is -0.843. The molecule has 9 heteroatoms. The van der Waals surface area contributed by atoms with Gasteiger partial charge in [-0.1, -0.05) is 36.6 Å². The Morgan fingerprint density at radius 1 is 1.31 bits per heavy atom. The lowest BCUT2D eigenvalue weighted by Gasteiger charge is -2.25. The molecular weight excluding hydrogens is 377 g/mol. The Morgan fingerprint density at radius 2 is 2.00 bits per heavy atom. The van der Waals surface area contributed by atoms with Crippen LogP contribution in [0.15, 0.2) is 29.4 Å². The lowest BCUT2D eigenvalue weighted by atomic mass is 9.97. The average molecular weight is 398 g/mol. The number of halogens is 2. The third-order valence-electron chi connectivity index (χ3n) is 4.61. The number of rotatable bonds is 5. The van der Waals surface area contributed by atoms with Crippen LogP contribution in [0.5, 0.6) is 0 Å². The quantitative estimate of drug-likeness (QED) is 0.453. The average Bonchev–Trinajstić information content (AvgIpc) is 3.06. The smallest absolute Gasteiger partial charge is 0.323 e. The van der Waals surface area contributed by atoms with Crippen molar-refractivity contribution in [2.24, 2.45) is 16.5 Å². The van der Waals surface area contributed by atoms with E-state index in [0.717, 1.165) is 29.2 Å². The number of carbonyl (C=O) groups is 1. The number of nitrogens with one attached hydrogen (secondary N) is 1. The molecule has 7 nitrogen and oxygen atoms in total. The zero-order chi connectivity index (χ0) is 18.0. The fourth-order valence-corrected chi connectivity index (χ4v) is 3.49. The molecule has 1 fully saturated rings. The summed E-state index contributed by atoms with van der Waals surface area (Å²) in [6.45, 7) is 0.427. The molecule has 26 heavy (non-hydrogen) atoms. The van der Waals surface area contributed by atoms with E-state index in [4.69, 9.17) is 23.1 Å². The van der Waals surface area contributed by atoms with Gasteiger partial charge >= 0.3 is 5.97 Å². The van der Waals surface area contributed by atoms with E-state index in [1.165, 1.54) is 6.20 Å². The number of aromatic nitrogens is 1. The summed E-state index contributed by atoms with van der Waals surface area (Å²) in [5, 5.41) is 14.8. The van der Waals surface area contributed by atoms with E-state index >= 15 is 0 Å². The number of carboxylic acid groups (broad SMARTS) is 1. The van der Waals surface area contributed by atoms with Crippen molar-refractivity contribution in [3.8, 4) is 0 Å². The van der Waals surface area contributed by atoms with Crippen molar-refractivity contribution in [3.05, 3.63) is 35.0 Å². The molecule has 1 aliphatic carbocycles. The molecule has 1 saturated carbocycles. The molecule has 1 aliphatic rings. The Bertz CT molecular complexity index is 846. The third-order valence-corrected chi connectivity index (χ3v) is 4.92. The van der Waals surface area contributed by atoms with Crippen molar-refractivity contribution in [2.75, 3.05) is 0 Å². The molecule has 3 rings (SSSR count). The van der Waals surface area contributed by atoms with E-state index in [-0.39, 0.29) is 18.4 Å². The second-order valence-corrected chi connectivity index (χ2v) is 6.70. The van der Waals surface area contributed by atoms with Crippen LogP contribution in [0, 0.1) is 0 Å². The Morgan fingerprint density at radius 3 is 2.62 bits per heavy atom. The van der Waals surface area contributed by atoms with Gasteiger partial charge in [0.1, 0.15) is 5.54 Å². The van der Waals surface area contributed by atoms with E-state index in [9.17, 15) is 9.90 Å². The van der Waals surface area contributed by atoms with Gasteiger partial charge in [0.05, 0.1) is 5.02 Å². The summed E-state index contributed by atoms with van der Waals surface area (Å²) in [7, 11) is 0. The van der Waals surface area contributed by atoms with Gasteiger partial charge in [0.2, 0.25) is 0 Å². The molecule has 0 unspecified atom stereocenters. The van der Waals surface area contributed by atoms with Gasteiger partial charge in [0, 0.05) is 23.5 Å². The zero-order valence-electron chi connectivity index (χ0n) is 14.0. The standard InChI is InChI=1S/C17H20ClN5O2.ClH/c18-13-9-21-14(23-16(19)20)12-7-10(3-4-11(12)13)8-22-17(15(24)25)5-1-2-6-17;/h3-4,7,9,22H,1-2,5-6,8H2,(H,24,25)(H4,19,20,21,23);1H. The van der Waals surface area contributed by atoms with E-state index in [2.05, 4.69) is 15.3 Å². The van der Waals surface area contributed by atoms with Crippen LogP contribution in [0.25, 0.3) is 10.8 Å².